The highest BCUT2D eigenvalue weighted by atomic mass is 16.5. The van der Waals surface area contributed by atoms with Crippen LogP contribution in [0.3, 0.4) is 0 Å². The third kappa shape index (κ3) is 2.68. The Morgan fingerprint density at radius 2 is 2.21 bits per heavy atom. The molecule has 1 aromatic heterocycles. The van der Waals surface area contributed by atoms with Gasteiger partial charge >= 0.3 is 0 Å². The molecule has 0 N–H and O–H groups in total. The average Bonchev–Trinajstić information content (AvgIpc) is 2.62. The first-order valence-corrected chi connectivity index (χ1v) is 6.77. The summed E-state index contributed by atoms with van der Waals surface area (Å²) < 4.78 is 7.71. The van der Waals surface area contributed by atoms with E-state index in [1.807, 2.05) is 17.7 Å². The van der Waals surface area contributed by atoms with Gasteiger partial charge in [-0.25, -0.2) is 0 Å². The Kier molecular flexibility index (Phi) is 3.71. The Bertz CT molecular complexity index is 510. The maximum atomic E-state index is 9.10. The van der Waals surface area contributed by atoms with E-state index in [2.05, 4.69) is 38.7 Å². The standard InChI is InChI=1S/C15H23N3O/c1-11-8-18(15(3,4)10-19-11)9-13-6-14(7-16)17(5)12(13)2/h6,11H,8-10H2,1-5H3/t11-/m1/s1. The maximum absolute atomic E-state index is 9.10. The van der Waals surface area contributed by atoms with Gasteiger partial charge in [0.05, 0.1) is 12.7 Å². The van der Waals surface area contributed by atoms with Crippen LogP contribution in [0.1, 0.15) is 37.7 Å². The van der Waals surface area contributed by atoms with Gasteiger partial charge in [0.25, 0.3) is 0 Å². The zero-order valence-corrected chi connectivity index (χ0v) is 12.5. The first-order chi connectivity index (χ1) is 8.85. The summed E-state index contributed by atoms with van der Waals surface area (Å²) in [4.78, 5) is 2.45. The van der Waals surface area contributed by atoms with E-state index in [4.69, 9.17) is 10.00 Å². The SMILES string of the molecule is Cc1c(CN2C[C@@H](C)OCC2(C)C)cc(C#N)n1C. The monoisotopic (exact) mass is 261 g/mol. The number of rotatable bonds is 2. The first-order valence-electron chi connectivity index (χ1n) is 6.77. The Labute approximate surface area is 115 Å². The topological polar surface area (TPSA) is 41.2 Å². The molecule has 0 unspecified atom stereocenters. The zero-order valence-electron chi connectivity index (χ0n) is 12.5. The van der Waals surface area contributed by atoms with Crippen LogP contribution in [-0.2, 0) is 18.3 Å². The summed E-state index contributed by atoms with van der Waals surface area (Å²) in [5.74, 6) is 0. The molecule has 0 radical (unpaired) electrons. The zero-order chi connectivity index (χ0) is 14.2. The molecule has 104 valence electrons. The number of ether oxygens (including phenoxy) is 1. The van der Waals surface area contributed by atoms with Gasteiger partial charge in [-0.2, -0.15) is 5.26 Å². The molecule has 0 aromatic carbocycles. The van der Waals surface area contributed by atoms with Crippen molar-refractivity contribution in [3.63, 3.8) is 0 Å². The van der Waals surface area contributed by atoms with Crippen molar-refractivity contribution in [3.8, 4) is 6.07 Å². The van der Waals surface area contributed by atoms with E-state index < -0.39 is 0 Å². The van der Waals surface area contributed by atoms with E-state index in [1.165, 1.54) is 11.3 Å². The van der Waals surface area contributed by atoms with E-state index in [0.29, 0.717) is 0 Å². The van der Waals surface area contributed by atoms with Gasteiger partial charge in [-0.1, -0.05) is 0 Å². The molecular formula is C15H23N3O. The van der Waals surface area contributed by atoms with Crippen molar-refractivity contribution >= 4 is 0 Å². The van der Waals surface area contributed by atoms with Gasteiger partial charge in [-0.05, 0) is 39.3 Å². The van der Waals surface area contributed by atoms with Crippen LogP contribution in [0.15, 0.2) is 6.07 Å². The normalized spacial score (nSPS) is 23.3. The van der Waals surface area contributed by atoms with Gasteiger partial charge in [-0.3, -0.25) is 4.90 Å². The van der Waals surface area contributed by atoms with Gasteiger partial charge < -0.3 is 9.30 Å². The van der Waals surface area contributed by atoms with E-state index in [0.717, 1.165) is 25.4 Å². The Hall–Kier alpha value is -1.31. The molecule has 4 nitrogen and oxygen atoms in total. The lowest BCUT2D eigenvalue weighted by molar-refractivity contribution is -0.0950. The van der Waals surface area contributed by atoms with Crippen molar-refractivity contribution in [1.29, 1.82) is 5.26 Å². The van der Waals surface area contributed by atoms with Gasteiger partial charge in [0.1, 0.15) is 11.8 Å². The van der Waals surface area contributed by atoms with Crippen LogP contribution in [0.2, 0.25) is 0 Å². The molecule has 1 aromatic rings. The highest BCUT2D eigenvalue weighted by Gasteiger charge is 2.33. The molecule has 0 spiro atoms. The summed E-state index contributed by atoms with van der Waals surface area (Å²) in [6.45, 7) is 11.2. The van der Waals surface area contributed by atoms with Crippen LogP contribution in [0.25, 0.3) is 0 Å². The first kappa shape index (κ1) is 14.1. The second-order valence-corrected chi connectivity index (χ2v) is 6.13. The minimum Gasteiger partial charge on any atom is -0.375 e. The molecule has 0 saturated carbocycles. The molecule has 1 fully saturated rings. The number of aromatic nitrogens is 1. The van der Waals surface area contributed by atoms with Crippen molar-refractivity contribution in [1.82, 2.24) is 9.47 Å². The highest BCUT2D eigenvalue weighted by Crippen LogP contribution is 2.26. The largest absolute Gasteiger partial charge is 0.375 e. The van der Waals surface area contributed by atoms with Crippen LogP contribution < -0.4 is 0 Å². The lowest BCUT2D eigenvalue weighted by atomic mass is 10.00. The van der Waals surface area contributed by atoms with E-state index in [-0.39, 0.29) is 11.6 Å². The molecule has 4 heteroatoms. The molecular weight excluding hydrogens is 238 g/mol. The summed E-state index contributed by atoms with van der Waals surface area (Å²) in [7, 11) is 1.95. The van der Waals surface area contributed by atoms with E-state index in [9.17, 15) is 0 Å². The van der Waals surface area contributed by atoms with E-state index >= 15 is 0 Å². The second kappa shape index (κ2) is 4.99. The maximum Gasteiger partial charge on any atom is 0.120 e. The summed E-state index contributed by atoms with van der Waals surface area (Å²) in [6, 6.07) is 4.25. The number of hydrogen-bond donors (Lipinski definition) is 0. The van der Waals surface area contributed by atoms with Crippen LogP contribution in [0, 0.1) is 18.3 Å². The van der Waals surface area contributed by atoms with Gasteiger partial charge in [0, 0.05) is 31.4 Å². The molecule has 2 heterocycles. The van der Waals surface area contributed by atoms with Crippen molar-refractivity contribution in [2.45, 2.75) is 45.9 Å². The second-order valence-electron chi connectivity index (χ2n) is 6.13. The smallest absolute Gasteiger partial charge is 0.120 e. The fourth-order valence-corrected chi connectivity index (χ4v) is 2.56. The summed E-state index contributed by atoms with van der Waals surface area (Å²) >= 11 is 0. The van der Waals surface area contributed by atoms with Crippen molar-refractivity contribution in [2.75, 3.05) is 13.2 Å². The molecule has 1 aliphatic heterocycles. The Balaban J connectivity index is 2.23. The Morgan fingerprint density at radius 3 is 2.79 bits per heavy atom. The molecule has 1 aliphatic rings. The van der Waals surface area contributed by atoms with Gasteiger partial charge in [-0.15, -0.1) is 0 Å². The average molecular weight is 261 g/mol. The molecule has 0 amide bonds. The minimum atomic E-state index is 0.0433. The van der Waals surface area contributed by atoms with Gasteiger partial charge in [0.2, 0.25) is 0 Å². The predicted octanol–water partition coefficient (Wildman–Crippen LogP) is 2.20. The lowest BCUT2D eigenvalue weighted by Crippen LogP contribution is -2.54. The number of nitrogens with zero attached hydrogens (tertiary/aromatic N) is 3. The molecule has 1 saturated heterocycles. The lowest BCUT2D eigenvalue weighted by Gasteiger charge is -2.44. The highest BCUT2D eigenvalue weighted by molar-refractivity contribution is 5.34. The van der Waals surface area contributed by atoms with Crippen LogP contribution in [-0.4, -0.2) is 34.3 Å². The van der Waals surface area contributed by atoms with Crippen LogP contribution in [0.5, 0.6) is 0 Å². The molecule has 0 bridgehead atoms. The van der Waals surface area contributed by atoms with Gasteiger partial charge in [0.15, 0.2) is 0 Å². The molecule has 0 aliphatic carbocycles. The van der Waals surface area contributed by atoms with Crippen LogP contribution >= 0.6 is 0 Å². The Morgan fingerprint density at radius 1 is 1.53 bits per heavy atom. The quantitative estimate of drug-likeness (QED) is 0.819. The van der Waals surface area contributed by atoms with Crippen molar-refractivity contribution in [3.05, 3.63) is 23.0 Å². The summed E-state index contributed by atoms with van der Waals surface area (Å²) in [5, 5.41) is 9.10. The molecule has 2 rings (SSSR count). The van der Waals surface area contributed by atoms with Crippen LogP contribution in [0.4, 0.5) is 0 Å². The summed E-state index contributed by atoms with van der Waals surface area (Å²) in [6.07, 6.45) is 0.271. The predicted molar refractivity (Wildman–Crippen MR) is 74.8 cm³/mol. The van der Waals surface area contributed by atoms with Crippen molar-refractivity contribution < 1.29 is 4.74 Å². The molecule has 1 atom stereocenters. The summed E-state index contributed by atoms with van der Waals surface area (Å²) in [5.41, 5.74) is 3.18. The third-order valence-corrected chi connectivity index (χ3v) is 4.17. The number of nitriles is 1. The molecule has 19 heavy (non-hydrogen) atoms. The van der Waals surface area contributed by atoms with E-state index in [1.54, 1.807) is 0 Å². The fourth-order valence-electron chi connectivity index (χ4n) is 2.56. The number of hydrogen-bond acceptors (Lipinski definition) is 3. The number of morpholine rings is 1. The minimum absolute atomic E-state index is 0.0433. The fraction of sp³-hybridized carbons (Fsp3) is 0.667. The van der Waals surface area contributed by atoms with Crippen molar-refractivity contribution in [2.24, 2.45) is 7.05 Å². The third-order valence-electron chi connectivity index (χ3n) is 4.17.